The van der Waals surface area contributed by atoms with Crippen molar-refractivity contribution in [3.8, 4) is 11.5 Å². The van der Waals surface area contributed by atoms with Gasteiger partial charge in [-0.15, -0.1) is 11.8 Å². The van der Waals surface area contributed by atoms with Gasteiger partial charge < -0.3 is 19.5 Å². The zero-order chi connectivity index (χ0) is 26.7. The van der Waals surface area contributed by atoms with E-state index in [0.29, 0.717) is 35.5 Å². The molecule has 0 amide bonds. The van der Waals surface area contributed by atoms with E-state index >= 15 is 0 Å². The lowest BCUT2D eigenvalue weighted by Crippen LogP contribution is -2.36. The van der Waals surface area contributed by atoms with Gasteiger partial charge in [-0.3, -0.25) is 4.79 Å². The molecule has 0 radical (unpaired) electrons. The molecule has 7 heteroatoms. The normalized spacial score (nSPS) is 20.2. The van der Waals surface area contributed by atoms with Gasteiger partial charge in [0, 0.05) is 34.2 Å². The van der Waals surface area contributed by atoms with Crippen LogP contribution in [0.3, 0.4) is 0 Å². The number of methoxy groups -OCH3 is 2. The molecule has 1 heterocycles. The van der Waals surface area contributed by atoms with E-state index in [9.17, 15) is 9.59 Å². The molecule has 0 spiro atoms. The number of carbonyl (C=O) groups excluding carboxylic acids is 2. The first kappa shape index (κ1) is 26.9. The first-order chi connectivity index (χ1) is 17.8. The highest BCUT2D eigenvalue weighted by Crippen LogP contribution is 2.46. The van der Waals surface area contributed by atoms with Crippen molar-refractivity contribution in [2.75, 3.05) is 20.5 Å². The number of thioether (sulfide) groups is 1. The zero-order valence-corrected chi connectivity index (χ0v) is 23.2. The number of ketones is 1. The lowest BCUT2D eigenvalue weighted by atomic mass is 9.71. The number of ether oxygens (including phenoxy) is 3. The summed E-state index contributed by atoms with van der Waals surface area (Å²) in [7, 11) is 3.22. The van der Waals surface area contributed by atoms with E-state index in [-0.39, 0.29) is 23.8 Å². The average Bonchev–Trinajstić information content (AvgIpc) is 2.91. The van der Waals surface area contributed by atoms with Crippen molar-refractivity contribution < 1.29 is 23.8 Å². The van der Waals surface area contributed by atoms with Crippen LogP contribution in [0.5, 0.6) is 11.5 Å². The first-order valence-corrected chi connectivity index (χ1v) is 13.8. The monoisotopic (exact) mass is 521 g/mol. The minimum absolute atomic E-state index is 0.0144. The van der Waals surface area contributed by atoms with Crippen molar-refractivity contribution in [1.29, 1.82) is 0 Å². The Morgan fingerprint density at radius 3 is 2.35 bits per heavy atom. The summed E-state index contributed by atoms with van der Waals surface area (Å²) >= 11 is 1.66. The first-order valence-electron chi connectivity index (χ1n) is 12.6. The van der Waals surface area contributed by atoms with Crippen LogP contribution in [0.15, 0.2) is 69.9 Å². The number of nitrogens with one attached hydrogen (secondary N) is 1. The van der Waals surface area contributed by atoms with Gasteiger partial charge >= 0.3 is 5.97 Å². The van der Waals surface area contributed by atoms with Gasteiger partial charge in [0.05, 0.1) is 25.9 Å². The third-order valence-corrected chi connectivity index (χ3v) is 8.00. The largest absolute Gasteiger partial charge is 0.493 e. The predicted octanol–water partition coefficient (Wildman–Crippen LogP) is 6.13. The third-order valence-electron chi connectivity index (χ3n) is 7.26. The van der Waals surface area contributed by atoms with Crippen molar-refractivity contribution in [3.63, 3.8) is 0 Å². The summed E-state index contributed by atoms with van der Waals surface area (Å²) in [6.07, 6.45) is 3.54. The number of Topliss-reactive ketones (excluding diaryl/α,β-unsaturated/α-hetero) is 1. The van der Waals surface area contributed by atoms with Gasteiger partial charge in [0.1, 0.15) is 0 Å². The van der Waals surface area contributed by atoms with Crippen LogP contribution in [0.25, 0.3) is 0 Å². The van der Waals surface area contributed by atoms with E-state index in [1.165, 1.54) is 0 Å². The van der Waals surface area contributed by atoms with Crippen molar-refractivity contribution in [3.05, 3.63) is 76.1 Å². The molecule has 6 nitrogen and oxygen atoms in total. The van der Waals surface area contributed by atoms with Gasteiger partial charge in [0.25, 0.3) is 0 Å². The fraction of sp³-hybridized carbons (Fsp3) is 0.400. The maximum Gasteiger partial charge on any atom is 0.337 e. The van der Waals surface area contributed by atoms with Crippen LogP contribution in [0.2, 0.25) is 0 Å². The molecule has 0 unspecified atom stereocenters. The summed E-state index contributed by atoms with van der Waals surface area (Å²) in [6.45, 7) is 5.76. The second-order valence-electron chi connectivity index (χ2n) is 9.53. The van der Waals surface area contributed by atoms with E-state index < -0.39 is 5.92 Å². The molecule has 1 aliphatic carbocycles. The SMILES string of the molecule is CC[C@H](C)OC(=O)C1=C(C)NC2=C(C(=O)C[C@@H](c3ccc(OC)c(OC)c3)C2)[C@@H]1c1ccc(SC)cc1. The predicted molar refractivity (Wildman–Crippen MR) is 146 cm³/mol. The molecule has 2 aromatic carbocycles. The van der Waals surface area contributed by atoms with E-state index in [4.69, 9.17) is 14.2 Å². The molecule has 2 aromatic rings. The number of dihydropyridines is 1. The maximum atomic E-state index is 13.8. The van der Waals surface area contributed by atoms with Gasteiger partial charge in [-0.05, 0) is 74.3 Å². The minimum atomic E-state index is -0.470. The van der Waals surface area contributed by atoms with Gasteiger partial charge in [-0.2, -0.15) is 0 Å². The van der Waals surface area contributed by atoms with Crippen molar-refractivity contribution in [2.45, 2.75) is 62.9 Å². The second-order valence-corrected chi connectivity index (χ2v) is 10.4. The molecule has 4 rings (SSSR count). The van der Waals surface area contributed by atoms with Crippen molar-refractivity contribution in [1.82, 2.24) is 5.32 Å². The van der Waals surface area contributed by atoms with Crippen molar-refractivity contribution >= 4 is 23.5 Å². The van der Waals surface area contributed by atoms with Crippen LogP contribution in [-0.2, 0) is 14.3 Å². The summed E-state index contributed by atoms with van der Waals surface area (Å²) in [5, 5.41) is 3.42. The molecule has 37 heavy (non-hydrogen) atoms. The van der Waals surface area contributed by atoms with Crippen molar-refractivity contribution in [2.24, 2.45) is 0 Å². The molecule has 2 aliphatic rings. The van der Waals surface area contributed by atoms with Gasteiger partial charge in [0.15, 0.2) is 17.3 Å². The Kier molecular flexibility index (Phi) is 8.32. The zero-order valence-electron chi connectivity index (χ0n) is 22.3. The Labute approximate surface area is 223 Å². The number of carbonyl (C=O) groups is 2. The highest BCUT2D eigenvalue weighted by molar-refractivity contribution is 7.98. The maximum absolute atomic E-state index is 13.8. The lowest BCUT2D eigenvalue weighted by molar-refractivity contribution is -0.144. The third kappa shape index (κ3) is 5.42. The van der Waals surface area contributed by atoms with E-state index in [2.05, 4.69) is 5.32 Å². The molecular weight excluding hydrogens is 486 g/mol. The minimum Gasteiger partial charge on any atom is -0.493 e. The Balaban J connectivity index is 1.76. The molecule has 1 N–H and O–H groups in total. The molecular formula is C30H35NO5S. The van der Waals surface area contributed by atoms with Crippen LogP contribution in [0.1, 0.15) is 63.0 Å². The van der Waals surface area contributed by atoms with Gasteiger partial charge in [-0.25, -0.2) is 4.79 Å². The smallest absolute Gasteiger partial charge is 0.337 e. The molecule has 0 fully saturated rings. The number of benzene rings is 2. The van der Waals surface area contributed by atoms with Crippen LogP contribution in [-0.4, -0.2) is 38.3 Å². The average molecular weight is 522 g/mol. The number of allylic oxidation sites excluding steroid dienone is 3. The summed E-state index contributed by atoms with van der Waals surface area (Å²) in [6, 6.07) is 13.9. The molecule has 196 valence electrons. The second kappa shape index (κ2) is 11.5. The van der Waals surface area contributed by atoms with Crippen LogP contribution in [0, 0.1) is 0 Å². The van der Waals surface area contributed by atoms with E-state index in [1.807, 2.05) is 69.5 Å². The summed E-state index contributed by atoms with van der Waals surface area (Å²) < 4.78 is 16.6. The molecule has 0 bridgehead atoms. The van der Waals surface area contributed by atoms with Gasteiger partial charge in [-0.1, -0.05) is 25.1 Å². The highest BCUT2D eigenvalue weighted by atomic mass is 32.2. The van der Waals surface area contributed by atoms with E-state index in [1.54, 1.807) is 26.0 Å². The fourth-order valence-corrected chi connectivity index (χ4v) is 5.52. The van der Waals surface area contributed by atoms with Gasteiger partial charge in [0.2, 0.25) is 0 Å². The Hall–Kier alpha value is -3.19. The Bertz CT molecular complexity index is 1250. The Morgan fingerprint density at radius 1 is 1.05 bits per heavy atom. The lowest BCUT2D eigenvalue weighted by Gasteiger charge is -2.37. The standard InChI is InChI=1S/C30H35NO5S/c1-7-17(2)36-30(33)27-18(3)31-23-14-21(20-10-13-25(34-4)26(16-20)35-5)15-24(32)29(23)28(27)19-8-11-22(37-6)12-9-19/h8-13,16-17,21,28,31H,7,14-15H2,1-6H3/t17-,21-,28+/m0/s1. The molecule has 3 atom stereocenters. The molecule has 0 saturated carbocycles. The van der Waals surface area contributed by atoms with Crippen LogP contribution in [0.4, 0.5) is 0 Å². The topological polar surface area (TPSA) is 73.9 Å². The number of rotatable bonds is 8. The molecule has 0 saturated heterocycles. The quantitative estimate of drug-likeness (QED) is 0.331. The molecule has 0 aromatic heterocycles. The number of esters is 1. The van der Waals surface area contributed by atoms with Crippen LogP contribution >= 0.6 is 11.8 Å². The number of hydrogen-bond donors (Lipinski definition) is 1. The number of hydrogen-bond acceptors (Lipinski definition) is 7. The van der Waals surface area contributed by atoms with Crippen LogP contribution < -0.4 is 14.8 Å². The summed E-state index contributed by atoms with van der Waals surface area (Å²) in [5.74, 6) is 0.471. The fourth-order valence-electron chi connectivity index (χ4n) is 5.11. The highest BCUT2D eigenvalue weighted by Gasteiger charge is 2.41. The summed E-state index contributed by atoms with van der Waals surface area (Å²) in [5.41, 5.74) is 4.70. The van der Waals surface area contributed by atoms with E-state index in [0.717, 1.165) is 33.8 Å². The summed E-state index contributed by atoms with van der Waals surface area (Å²) in [4.78, 5) is 28.3. The Morgan fingerprint density at radius 2 is 1.73 bits per heavy atom. The molecule has 1 aliphatic heterocycles.